The molecule has 1 unspecified atom stereocenters. The Hall–Kier alpha value is -6.95. The molecular weight excluding hydrogens is 689 g/mol. The summed E-state index contributed by atoms with van der Waals surface area (Å²) in [6.45, 7) is 0. The van der Waals surface area contributed by atoms with Crippen molar-refractivity contribution in [2.75, 3.05) is 0 Å². The van der Waals surface area contributed by atoms with Crippen LogP contribution in [0.4, 0.5) is 5.69 Å². The Balaban J connectivity index is 1.11. The third kappa shape index (κ3) is 4.54. The fourth-order valence-electron chi connectivity index (χ4n) is 8.89. The van der Waals surface area contributed by atoms with E-state index in [1.807, 2.05) is 11.3 Å². The molecule has 4 nitrogen and oxygen atoms in total. The van der Waals surface area contributed by atoms with E-state index in [0.29, 0.717) is 0 Å². The summed E-state index contributed by atoms with van der Waals surface area (Å²) in [5.74, 6) is 0.877. The minimum absolute atomic E-state index is 0.0157. The SMILES string of the molecule is c1ccc(C2NC(c3ccc(-n4c5cc6c(cc5c5ccc7c8ccccc8sc7c54)c4ccccc4n6-c4ccccc4)cc3)=Nc3ccccc32)cc1. The third-order valence-corrected chi connectivity index (χ3v) is 12.6. The lowest BCUT2D eigenvalue weighted by Crippen LogP contribution is -2.32. The second kappa shape index (κ2) is 11.8. The zero-order valence-electron chi connectivity index (χ0n) is 29.6. The summed E-state index contributed by atoms with van der Waals surface area (Å²) in [6, 6.07) is 65.9. The number of para-hydroxylation sites is 3. The van der Waals surface area contributed by atoms with Crippen molar-refractivity contribution in [1.82, 2.24) is 14.5 Å². The van der Waals surface area contributed by atoms with Crippen LogP contribution in [0.5, 0.6) is 0 Å². The normalized spacial score (nSPS) is 14.3. The Labute approximate surface area is 320 Å². The summed E-state index contributed by atoms with van der Waals surface area (Å²) in [6.07, 6.45) is 0. The second-order valence-electron chi connectivity index (χ2n) is 14.4. The number of thiophene rings is 1. The molecule has 0 spiro atoms. The van der Waals surface area contributed by atoms with Crippen molar-refractivity contribution in [3.63, 3.8) is 0 Å². The maximum atomic E-state index is 5.14. The zero-order chi connectivity index (χ0) is 36.0. The Morgan fingerprint density at radius 2 is 1.13 bits per heavy atom. The van der Waals surface area contributed by atoms with Crippen molar-refractivity contribution in [1.29, 1.82) is 0 Å². The lowest BCUT2D eigenvalue weighted by Gasteiger charge is -2.27. The fraction of sp³-hybridized carbons (Fsp3) is 0.0200. The van der Waals surface area contributed by atoms with E-state index < -0.39 is 0 Å². The Bertz CT molecular complexity index is 3330. The van der Waals surface area contributed by atoms with Crippen LogP contribution in [0, 0.1) is 0 Å². The van der Waals surface area contributed by atoms with Crippen LogP contribution < -0.4 is 5.32 Å². The van der Waals surface area contributed by atoms with Gasteiger partial charge < -0.3 is 14.5 Å². The lowest BCUT2D eigenvalue weighted by atomic mass is 9.95. The molecular formula is C50H32N4S. The van der Waals surface area contributed by atoms with Gasteiger partial charge in [-0.2, -0.15) is 0 Å². The van der Waals surface area contributed by atoms with Gasteiger partial charge in [-0.1, -0.05) is 115 Å². The summed E-state index contributed by atoms with van der Waals surface area (Å²) in [5.41, 5.74) is 11.6. The van der Waals surface area contributed by atoms with Crippen LogP contribution in [-0.4, -0.2) is 15.0 Å². The largest absolute Gasteiger partial charge is 0.359 e. The number of hydrogen-bond donors (Lipinski definition) is 1. The molecule has 11 aromatic rings. The van der Waals surface area contributed by atoms with Crippen molar-refractivity contribution in [3.05, 3.63) is 199 Å². The average Bonchev–Trinajstić information content (AvgIpc) is 3.90. The monoisotopic (exact) mass is 720 g/mol. The number of benzene rings is 8. The molecule has 8 aromatic carbocycles. The summed E-state index contributed by atoms with van der Waals surface area (Å²) < 4.78 is 7.52. The highest BCUT2D eigenvalue weighted by molar-refractivity contribution is 7.26. The number of nitrogens with zero attached hydrogens (tertiary/aromatic N) is 3. The van der Waals surface area contributed by atoms with Gasteiger partial charge in [-0.15, -0.1) is 11.3 Å². The molecule has 258 valence electrons. The smallest absolute Gasteiger partial charge is 0.134 e. The first-order chi connectivity index (χ1) is 27.3. The molecule has 1 aliphatic rings. The van der Waals surface area contributed by atoms with Gasteiger partial charge in [0.15, 0.2) is 0 Å². The highest BCUT2D eigenvalue weighted by Crippen LogP contribution is 2.45. The van der Waals surface area contributed by atoms with E-state index >= 15 is 0 Å². The summed E-state index contributed by atoms with van der Waals surface area (Å²) in [7, 11) is 0. The van der Waals surface area contributed by atoms with Crippen molar-refractivity contribution in [2.24, 2.45) is 4.99 Å². The molecule has 0 radical (unpaired) electrons. The molecule has 3 aromatic heterocycles. The van der Waals surface area contributed by atoms with Crippen molar-refractivity contribution < 1.29 is 0 Å². The first-order valence-electron chi connectivity index (χ1n) is 18.8. The molecule has 4 heterocycles. The molecule has 1 aliphatic heterocycles. The standard InChI is InChI=1S/C50H32N4S/c1-3-13-31(14-4-1)47-39-19-7-10-20-42(39)51-50(52-47)32-23-25-34(26-24-32)54-45-30-44-40(35-17-8-11-21-43(35)53(44)33-15-5-2-6-16-33)29-41(45)37-27-28-38-36-18-9-12-22-46(36)55-49(38)48(37)54/h1-30,47H,(H,51,52). The van der Waals surface area contributed by atoms with E-state index in [9.17, 15) is 0 Å². The van der Waals surface area contributed by atoms with Crippen molar-refractivity contribution >= 4 is 86.6 Å². The molecule has 1 atom stereocenters. The molecule has 0 saturated carbocycles. The molecule has 0 saturated heterocycles. The van der Waals surface area contributed by atoms with Gasteiger partial charge in [0.25, 0.3) is 0 Å². The quantitative estimate of drug-likeness (QED) is 0.193. The van der Waals surface area contributed by atoms with E-state index in [4.69, 9.17) is 4.99 Å². The summed E-state index contributed by atoms with van der Waals surface area (Å²) >= 11 is 1.89. The van der Waals surface area contributed by atoms with Gasteiger partial charge in [0.2, 0.25) is 0 Å². The van der Waals surface area contributed by atoms with E-state index in [1.165, 1.54) is 74.9 Å². The Kier molecular flexibility index (Phi) is 6.53. The van der Waals surface area contributed by atoms with Gasteiger partial charge >= 0.3 is 0 Å². The number of aromatic nitrogens is 2. The zero-order valence-corrected chi connectivity index (χ0v) is 30.5. The van der Waals surface area contributed by atoms with Gasteiger partial charge in [0.1, 0.15) is 5.84 Å². The van der Waals surface area contributed by atoms with E-state index in [-0.39, 0.29) is 6.04 Å². The molecule has 0 aliphatic carbocycles. The van der Waals surface area contributed by atoms with E-state index in [1.54, 1.807) is 0 Å². The number of amidine groups is 1. The van der Waals surface area contributed by atoms with Crippen LogP contribution in [-0.2, 0) is 0 Å². The molecule has 55 heavy (non-hydrogen) atoms. The molecule has 0 bridgehead atoms. The predicted molar refractivity (Wildman–Crippen MR) is 232 cm³/mol. The number of fused-ring (bicyclic) bond motifs is 11. The average molecular weight is 721 g/mol. The minimum Gasteiger partial charge on any atom is -0.359 e. The second-order valence-corrected chi connectivity index (χ2v) is 15.5. The van der Waals surface area contributed by atoms with Crippen LogP contribution in [0.1, 0.15) is 22.7 Å². The van der Waals surface area contributed by atoms with Crippen LogP contribution in [0.2, 0.25) is 0 Å². The molecule has 5 heteroatoms. The maximum Gasteiger partial charge on any atom is 0.134 e. The van der Waals surface area contributed by atoms with E-state index in [2.05, 4.69) is 196 Å². The topological polar surface area (TPSA) is 34.2 Å². The predicted octanol–water partition coefficient (Wildman–Crippen LogP) is 13.0. The van der Waals surface area contributed by atoms with Gasteiger partial charge in [-0.05, 0) is 72.3 Å². The van der Waals surface area contributed by atoms with Crippen LogP contribution >= 0.6 is 11.3 Å². The lowest BCUT2D eigenvalue weighted by molar-refractivity contribution is 0.749. The fourth-order valence-corrected chi connectivity index (χ4v) is 10.1. The van der Waals surface area contributed by atoms with Crippen LogP contribution in [0.3, 0.4) is 0 Å². The van der Waals surface area contributed by atoms with Gasteiger partial charge in [-0.25, -0.2) is 4.99 Å². The van der Waals surface area contributed by atoms with Gasteiger partial charge in [-0.3, -0.25) is 0 Å². The Morgan fingerprint density at radius 1 is 0.473 bits per heavy atom. The first kappa shape index (κ1) is 30.5. The Morgan fingerprint density at radius 3 is 1.98 bits per heavy atom. The van der Waals surface area contributed by atoms with Crippen LogP contribution in [0.25, 0.3) is 75.2 Å². The number of hydrogen-bond acceptors (Lipinski definition) is 3. The number of aliphatic imine (C=N–C) groups is 1. The first-order valence-corrected chi connectivity index (χ1v) is 19.6. The molecule has 0 amide bonds. The number of nitrogens with one attached hydrogen (secondary N) is 1. The summed E-state index contributed by atoms with van der Waals surface area (Å²) in [5, 5.41) is 11.4. The minimum atomic E-state index is 0.0157. The highest BCUT2D eigenvalue weighted by Gasteiger charge is 2.25. The molecule has 0 fully saturated rings. The van der Waals surface area contributed by atoms with Gasteiger partial charge in [0, 0.05) is 59.5 Å². The van der Waals surface area contributed by atoms with Crippen molar-refractivity contribution in [3.8, 4) is 11.4 Å². The van der Waals surface area contributed by atoms with Crippen LogP contribution in [0.15, 0.2) is 187 Å². The molecule has 12 rings (SSSR count). The van der Waals surface area contributed by atoms with Gasteiger partial charge in [0.05, 0.1) is 38.5 Å². The maximum absolute atomic E-state index is 5.14. The third-order valence-electron chi connectivity index (χ3n) is 11.4. The van der Waals surface area contributed by atoms with Crippen molar-refractivity contribution in [2.45, 2.75) is 6.04 Å². The molecule has 1 N–H and O–H groups in total. The number of rotatable bonds is 4. The van der Waals surface area contributed by atoms with E-state index in [0.717, 1.165) is 28.5 Å². The summed E-state index contributed by atoms with van der Waals surface area (Å²) in [4.78, 5) is 5.14. The highest BCUT2D eigenvalue weighted by atomic mass is 32.1.